The van der Waals surface area contributed by atoms with Crippen LogP contribution in [0.25, 0.3) is 5.95 Å². The molecular formula is C10H12N6. The molecule has 1 fully saturated rings. The van der Waals surface area contributed by atoms with Crippen LogP contribution in [0.4, 0.5) is 0 Å². The van der Waals surface area contributed by atoms with Crippen LogP contribution in [0, 0.1) is 0 Å². The summed E-state index contributed by atoms with van der Waals surface area (Å²) in [6.07, 6.45) is 7.22. The summed E-state index contributed by atoms with van der Waals surface area (Å²) in [5, 5.41) is 7.56. The first-order valence-corrected chi connectivity index (χ1v) is 5.36. The van der Waals surface area contributed by atoms with Gasteiger partial charge in [-0.2, -0.15) is 9.78 Å². The molecule has 3 heterocycles. The highest BCUT2D eigenvalue weighted by molar-refractivity contribution is 5.13. The summed E-state index contributed by atoms with van der Waals surface area (Å²) >= 11 is 0. The van der Waals surface area contributed by atoms with Gasteiger partial charge in [0.05, 0.1) is 6.04 Å². The first-order chi connectivity index (χ1) is 7.95. The first-order valence-electron chi connectivity index (χ1n) is 5.36. The number of nitrogens with zero attached hydrogens (tertiary/aromatic N) is 5. The Morgan fingerprint density at radius 1 is 1.25 bits per heavy atom. The Balaban J connectivity index is 1.99. The molecule has 0 bridgehead atoms. The van der Waals surface area contributed by atoms with Crippen LogP contribution < -0.4 is 5.32 Å². The van der Waals surface area contributed by atoms with E-state index in [0.29, 0.717) is 5.95 Å². The highest BCUT2D eigenvalue weighted by Crippen LogP contribution is 2.21. The molecule has 1 saturated heterocycles. The summed E-state index contributed by atoms with van der Waals surface area (Å²) in [7, 11) is 0. The third-order valence-corrected chi connectivity index (χ3v) is 2.69. The molecule has 6 nitrogen and oxygen atoms in total. The minimum atomic E-state index is 0.270. The van der Waals surface area contributed by atoms with Crippen LogP contribution in [-0.4, -0.2) is 31.3 Å². The molecule has 1 atom stereocenters. The largest absolute Gasteiger partial charge is 0.307 e. The van der Waals surface area contributed by atoms with Crippen LogP contribution in [0.2, 0.25) is 0 Å². The molecule has 16 heavy (non-hydrogen) atoms. The van der Waals surface area contributed by atoms with Gasteiger partial charge in [0.25, 0.3) is 5.95 Å². The molecule has 2 aromatic rings. The van der Waals surface area contributed by atoms with E-state index in [1.54, 1.807) is 29.5 Å². The number of rotatable bonds is 2. The maximum absolute atomic E-state index is 4.28. The molecule has 0 aliphatic carbocycles. The van der Waals surface area contributed by atoms with Crippen LogP contribution >= 0.6 is 0 Å². The minimum Gasteiger partial charge on any atom is -0.307 e. The van der Waals surface area contributed by atoms with Crippen LogP contribution in [0.5, 0.6) is 0 Å². The number of hydrogen-bond acceptors (Lipinski definition) is 5. The van der Waals surface area contributed by atoms with Crippen molar-refractivity contribution in [2.24, 2.45) is 0 Å². The van der Waals surface area contributed by atoms with Crippen molar-refractivity contribution in [3.8, 4) is 5.95 Å². The first kappa shape index (κ1) is 9.41. The van der Waals surface area contributed by atoms with E-state index in [1.165, 1.54) is 6.42 Å². The maximum Gasteiger partial charge on any atom is 0.252 e. The van der Waals surface area contributed by atoms with Crippen molar-refractivity contribution < 1.29 is 0 Å². The Morgan fingerprint density at radius 3 is 2.88 bits per heavy atom. The number of aromatic nitrogens is 5. The quantitative estimate of drug-likeness (QED) is 0.790. The van der Waals surface area contributed by atoms with Crippen molar-refractivity contribution >= 4 is 0 Å². The Bertz CT molecular complexity index is 459. The zero-order chi connectivity index (χ0) is 10.8. The standard InChI is InChI=1S/C10H12N6/c1-3-8(11-4-1)9-14-7-15-16(9)10-12-5-2-6-13-10/h2,5-8,11H,1,3-4H2/t8-/m1/s1. The lowest BCUT2D eigenvalue weighted by Gasteiger charge is -2.09. The zero-order valence-corrected chi connectivity index (χ0v) is 8.74. The molecule has 0 radical (unpaired) electrons. The Labute approximate surface area is 92.8 Å². The van der Waals surface area contributed by atoms with Crippen molar-refractivity contribution in [1.29, 1.82) is 0 Å². The second-order valence-corrected chi connectivity index (χ2v) is 3.73. The van der Waals surface area contributed by atoms with Gasteiger partial charge in [-0.15, -0.1) is 0 Å². The van der Waals surface area contributed by atoms with Gasteiger partial charge in [-0.3, -0.25) is 0 Å². The van der Waals surface area contributed by atoms with Gasteiger partial charge >= 0.3 is 0 Å². The van der Waals surface area contributed by atoms with Crippen LogP contribution in [-0.2, 0) is 0 Å². The third kappa shape index (κ3) is 1.57. The molecule has 82 valence electrons. The molecule has 0 aromatic carbocycles. The van der Waals surface area contributed by atoms with E-state index in [4.69, 9.17) is 0 Å². The fourth-order valence-electron chi connectivity index (χ4n) is 1.95. The van der Waals surface area contributed by atoms with Crippen LogP contribution in [0.15, 0.2) is 24.8 Å². The van der Waals surface area contributed by atoms with Crippen molar-refractivity contribution in [2.45, 2.75) is 18.9 Å². The van der Waals surface area contributed by atoms with Gasteiger partial charge in [0.1, 0.15) is 6.33 Å². The molecule has 0 spiro atoms. The SMILES string of the molecule is c1cnc(-n2ncnc2[C@H]2CCCN2)nc1. The van der Waals surface area contributed by atoms with Gasteiger partial charge in [-0.05, 0) is 25.5 Å². The highest BCUT2D eigenvalue weighted by Gasteiger charge is 2.22. The monoisotopic (exact) mass is 216 g/mol. The topological polar surface area (TPSA) is 68.5 Å². The van der Waals surface area contributed by atoms with Crippen LogP contribution in [0.1, 0.15) is 24.7 Å². The van der Waals surface area contributed by atoms with Gasteiger partial charge in [0.2, 0.25) is 0 Å². The summed E-state index contributed by atoms with van der Waals surface area (Å²) < 4.78 is 1.70. The maximum atomic E-state index is 4.28. The lowest BCUT2D eigenvalue weighted by molar-refractivity contribution is 0.575. The van der Waals surface area contributed by atoms with E-state index in [0.717, 1.165) is 18.8 Å². The fourth-order valence-corrected chi connectivity index (χ4v) is 1.95. The summed E-state index contributed by atoms with van der Waals surface area (Å²) in [5.74, 6) is 1.47. The Hall–Kier alpha value is -1.82. The van der Waals surface area contributed by atoms with Crippen molar-refractivity contribution in [3.05, 3.63) is 30.6 Å². The molecule has 1 aliphatic heterocycles. The van der Waals surface area contributed by atoms with Gasteiger partial charge in [-0.25, -0.2) is 15.0 Å². The average molecular weight is 216 g/mol. The summed E-state index contributed by atoms with van der Waals surface area (Å²) in [6, 6.07) is 2.06. The summed E-state index contributed by atoms with van der Waals surface area (Å²) in [4.78, 5) is 12.6. The Morgan fingerprint density at radius 2 is 2.12 bits per heavy atom. The lowest BCUT2D eigenvalue weighted by atomic mass is 10.2. The molecule has 0 saturated carbocycles. The van der Waals surface area contributed by atoms with Crippen molar-refractivity contribution in [2.75, 3.05) is 6.54 Å². The smallest absolute Gasteiger partial charge is 0.252 e. The highest BCUT2D eigenvalue weighted by atomic mass is 15.4. The van der Waals surface area contributed by atoms with Crippen LogP contribution in [0.3, 0.4) is 0 Å². The van der Waals surface area contributed by atoms with Crippen molar-refractivity contribution in [1.82, 2.24) is 30.0 Å². The normalized spacial score (nSPS) is 20.1. The predicted molar refractivity (Wildman–Crippen MR) is 56.9 cm³/mol. The predicted octanol–water partition coefficient (Wildman–Crippen LogP) is 0.482. The third-order valence-electron chi connectivity index (χ3n) is 2.69. The second kappa shape index (κ2) is 3.97. The van der Waals surface area contributed by atoms with E-state index >= 15 is 0 Å². The van der Waals surface area contributed by atoms with E-state index in [1.807, 2.05) is 0 Å². The summed E-state index contributed by atoms with van der Waals surface area (Å²) in [6.45, 7) is 1.03. The summed E-state index contributed by atoms with van der Waals surface area (Å²) in [5.41, 5.74) is 0. The molecular weight excluding hydrogens is 204 g/mol. The molecule has 1 N–H and O–H groups in total. The van der Waals surface area contributed by atoms with Gasteiger partial charge < -0.3 is 5.32 Å². The second-order valence-electron chi connectivity index (χ2n) is 3.73. The number of nitrogens with one attached hydrogen (secondary N) is 1. The van der Waals surface area contributed by atoms with Gasteiger partial charge in [-0.1, -0.05) is 0 Å². The lowest BCUT2D eigenvalue weighted by Crippen LogP contribution is -2.18. The Kier molecular flexibility index (Phi) is 2.34. The van der Waals surface area contributed by atoms with Gasteiger partial charge in [0.15, 0.2) is 5.82 Å². The number of hydrogen-bond donors (Lipinski definition) is 1. The molecule has 2 aromatic heterocycles. The van der Waals surface area contributed by atoms with Crippen molar-refractivity contribution in [3.63, 3.8) is 0 Å². The van der Waals surface area contributed by atoms with E-state index in [-0.39, 0.29) is 6.04 Å². The van der Waals surface area contributed by atoms with E-state index < -0.39 is 0 Å². The molecule has 1 aliphatic rings. The molecule has 6 heteroatoms. The fraction of sp³-hybridized carbons (Fsp3) is 0.400. The van der Waals surface area contributed by atoms with E-state index in [9.17, 15) is 0 Å². The molecule has 3 rings (SSSR count). The van der Waals surface area contributed by atoms with E-state index in [2.05, 4.69) is 25.4 Å². The zero-order valence-electron chi connectivity index (χ0n) is 8.74. The minimum absolute atomic E-state index is 0.270. The molecule has 0 unspecified atom stereocenters. The average Bonchev–Trinajstić information content (AvgIpc) is 3.01. The van der Waals surface area contributed by atoms with Gasteiger partial charge in [0, 0.05) is 12.4 Å². The molecule has 0 amide bonds.